The van der Waals surface area contributed by atoms with Gasteiger partial charge in [0, 0.05) is 20.6 Å². The minimum Gasteiger partial charge on any atom is -0.493 e. The third-order valence-corrected chi connectivity index (χ3v) is 3.72. The maximum Gasteiger partial charge on any atom is 0.246 e. The summed E-state index contributed by atoms with van der Waals surface area (Å²) in [5.41, 5.74) is 1.16. The lowest BCUT2D eigenvalue weighted by Gasteiger charge is -2.21. The van der Waals surface area contributed by atoms with Gasteiger partial charge < -0.3 is 24.2 Å². The fourth-order valence-corrected chi connectivity index (χ4v) is 2.39. The zero-order chi connectivity index (χ0) is 18.2. The first-order valence-electron chi connectivity index (χ1n) is 7.99. The average molecular weight is 347 g/mol. The maximum atomic E-state index is 5.34. The Kier molecular flexibility index (Phi) is 6.62. The molecule has 0 fully saturated rings. The van der Waals surface area contributed by atoms with E-state index in [9.17, 15) is 0 Å². The van der Waals surface area contributed by atoms with E-state index in [-0.39, 0.29) is 0 Å². The van der Waals surface area contributed by atoms with Crippen LogP contribution in [0.2, 0.25) is 0 Å². The molecule has 1 N–H and O–H groups in total. The van der Waals surface area contributed by atoms with Crippen LogP contribution in [0.1, 0.15) is 17.3 Å². The first-order chi connectivity index (χ1) is 12.1. The van der Waals surface area contributed by atoms with Gasteiger partial charge in [-0.1, -0.05) is 11.2 Å². The van der Waals surface area contributed by atoms with Crippen LogP contribution < -0.4 is 14.8 Å². The molecule has 0 radical (unpaired) electrons. The first kappa shape index (κ1) is 18.6. The van der Waals surface area contributed by atoms with E-state index < -0.39 is 0 Å². The molecule has 0 bridgehead atoms. The molecule has 0 aliphatic heterocycles. The van der Waals surface area contributed by atoms with Gasteiger partial charge in [0.25, 0.3) is 0 Å². The predicted molar refractivity (Wildman–Crippen MR) is 95.1 cm³/mol. The summed E-state index contributed by atoms with van der Waals surface area (Å²) in [4.78, 5) is 10.5. The second kappa shape index (κ2) is 8.91. The molecule has 0 saturated carbocycles. The Bertz CT molecular complexity index is 714. The third kappa shape index (κ3) is 5.10. The van der Waals surface area contributed by atoms with Gasteiger partial charge in [0.15, 0.2) is 23.3 Å². The van der Waals surface area contributed by atoms with Crippen molar-refractivity contribution in [2.24, 2.45) is 4.99 Å². The molecule has 0 aliphatic carbocycles. The molecule has 1 aromatic carbocycles. The lowest BCUT2D eigenvalue weighted by molar-refractivity contribution is 0.354. The highest BCUT2D eigenvalue weighted by molar-refractivity contribution is 5.79. The number of likely N-dealkylation sites (N-methyl/N-ethyl adjacent to an activating group) is 1. The molecule has 2 aromatic rings. The minimum absolute atomic E-state index is 0.439. The largest absolute Gasteiger partial charge is 0.493 e. The summed E-state index contributed by atoms with van der Waals surface area (Å²) in [6, 6.07) is 5.94. The Labute approximate surface area is 147 Å². The molecule has 0 amide bonds. The van der Waals surface area contributed by atoms with Gasteiger partial charge in [0.1, 0.15) is 0 Å². The summed E-state index contributed by atoms with van der Waals surface area (Å²) < 4.78 is 15.7. The van der Waals surface area contributed by atoms with Crippen molar-refractivity contribution in [1.29, 1.82) is 0 Å². The topological polar surface area (TPSA) is 85.0 Å². The quantitative estimate of drug-likeness (QED) is 0.602. The number of nitrogens with one attached hydrogen (secondary N) is 1. The highest BCUT2D eigenvalue weighted by atomic mass is 16.5. The zero-order valence-electron chi connectivity index (χ0n) is 15.4. The highest BCUT2D eigenvalue weighted by Gasteiger charge is 2.10. The highest BCUT2D eigenvalue weighted by Crippen LogP contribution is 2.27. The molecular weight excluding hydrogens is 322 g/mol. The molecule has 1 aromatic heterocycles. The fourth-order valence-electron chi connectivity index (χ4n) is 2.39. The van der Waals surface area contributed by atoms with Crippen LogP contribution in [-0.4, -0.2) is 55.9 Å². The molecule has 8 heteroatoms. The lowest BCUT2D eigenvalue weighted by atomic mass is 10.1. The van der Waals surface area contributed by atoms with Crippen LogP contribution in [0.3, 0.4) is 0 Å². The molecule has 25 heavy (non-hydrogen) atoms. The number of nitrogens with zero attached hydrogens (tertiary/aromatic N) is 4. The Hall–Kier alpha value is -2.77. The Balaban J connectivity index is 1.90. The van der Waals surface area contributed by atoms with E-state index >= 15 is 0 Å². The molecule has 1 heterocycles. The van der Waals surface area contributed by atoms with Gasteiger partial charge in [-0.15, -0.1) is 0 Å². The van der Waals surface area contributed by atoms with Crippen molar-refractivity contribution in [3.63, 3.8) is 0 Å². The normalized spacial score (nSPS) is 11.3. The van der Waals surface area contributed by atoms with Gasteiger partial charge in [-0.25, -0.2) is 0 Å². The van der Waals surface area contributed by atoms with E-state index in [1.165, 1.54) is 0 Å². The Morgan fingerprint density at radius 2 is 2.04 bits per heavy atom. The molecule has 0 spiro atoms. The van der Waals surface area contributed by atoms with Crippen LogP contribution in [0, 0.1) is 6.92 Å². The van der Waals surface area contributed by atoms with E-state index in [1.807, 2.05) is 30.1 Å². The first-order valence-corrected chi connectivity index (χ1v) is 7.99. The summed E-state index contributed by atoms with van der Waals surface area (Å²) in [6.45, 7) is 3.02. The summed E-state index contributed by atoms with van der Waals surface area (Å²) in [5.74, 6) is 3.38. The van der Waals surface area contributed by atoms with Gasteiger partial charge >= 0.3 is 0 Å². The van der Waals surface area contributed by atoms with Gasteiger partial charge in [0.05, 0.1) is 20.8 Å². The van der Waals surface area contributed by atoms with Crippen LogP contribution in [0.15, 0.2) is 27.7 Å². The molecule has 0 unspecified atom stereocenters. The van der Waals surface area contributed by atoms with E-state index in [1.54, 1.807) is 28.2 Å². The monoisotopic (exact) mass is 347 g/mol. The number of aliphatic imine (C=N–C) groups is 1. The number of aromatic nitrogens is 2. The summed E-state index contributed by atoms with van der Waals surface area (Å²) in [5, 5.41) is 6.98. The van der Waals surface area contributed by atoms with Crippen LogP contribution >= 0.6 is 0 Å². The minimum atomic E-state index is 0.439. The predicted octanol–water partition coefficient (Wildman–Crippen LogP) is 1.65. The van der Waals surface area contributed by atoms with E-state index in [2.05, 4.69) is 20.4 Å². The van der Waals surface area contributed by atoms with E-state index in [4.69, 9.17) is 14.0 Å². The standard InChI is InChI=1S/C17H25N5O3/c1-12-20-16(25-21-12)11-19-17(18-2)22(3)9-8-13-6-7-14(23-4)15(10-13)24-5/h6-7,10H,8-9,11H2,1-5H3,(H,18,19). The zero-order valence-corrected chi connectivity index (χ0v) is 15.4. The summed E-state index contributed by atoms with van der Waals surface area (Å²) in [7, 11) is 6.99. The molecule has 8 nitrogen and oxygen atoms in total. The van der Waals surface area contributed by atoms with Crippen molar-refractivity contribution >= 4 is 5.96 Å². The summed E-state index contributed by atoms with van der Waals surface area (Å²) in [6.07, 6.45) is 0.844. The second-order valence-corrected chi connectivity index (χ2v) is 5.50. The van der Waals surface area contributed by atoms with Crippen molar-refractivity contribution in [2.45, 2.75) is 19.9 Å². The number of guanidine groups is 1. The number of ether oxygens (including phenoxy) is 2. The molecule has 0 saturated heterocycles. The van der Waals surface area contributed by atoms with E-state index in [0.29, 0.717) is 18.3 Å². The molecule has 0 aliphatic rings. The number of hydrogen-bond acceptors (Lipinski definition) is 6. The molecule has 2 rings (SSSR count). The lowest BCUT2D eigenvalue weighted by Crippen LogP contribution is -2.39. The fraction of sp³-hybridized carbons (Fsp3) is 0.471. The van der Waals surface area contributed by atoms with Crippen molar-refractivity contribution < 1.29 is 14.0 Å². The van der Waals surface area contributed by atoms with Gasteiger partial charge in [-0.2, -0.15) is 4.98 Å². The molecule has 0 atom stereocenters. The van der Waals surface area contributed by atoms with Crippen molar-refractivity contribution in [3.8, 4) is 11.5 Å². The third-order valence-electron chi connectivity index (χ3n) is 3.72. The Morgan fingerprint density at radius 1 is 1.28 bits per heavy atom. The Morgan fingerprint density at radius 3 is 2.64 bits per heavy atom. The summed E-state index contributed by atoms with van der Waals surface area (Å²) >= 11 is 0. The maximum absolute atomic E-state index is 5.34. The number of methoxy groups -OCH3 is 2. The number of benzene rings is 1. The average Bonchev–Trinajstić information content (AvgIpc) is 3.05. The second-order valence-electron chi connectivity index (χ2n) is 5.50. The van der Waals surface area contributed by atoms with Crippen molar-refractivity contribution in [2.75, 3.05) is 34.9 Å². The van der Waals surface area contributed by atoms with Crippen LogP contribution in [0.4, 0.5) is 0 Å². The smallest absolute Gasteiger partial charge is 0.246 e. The van der Waals surface area contributed by atoms with Crippen LogP contribution in [0.25, 0.3) is 0 Å². The number of hydrogen-bond donors (Lipinski definition) is 1. The van der Waals surface area contributed by atoms with E-state index in [0.717, 1.165) is 36.0 Å². The van der Waals surface area contributed by atoms with Crippen molar-refractivity contribution in [1.82, 2.24) is 20.4 Å². The number of rotatable bonds is 7. The SMILES string of the molecule is CN=C(NCc1nc(C)no1)N(C)CCc1ccc(OC)c(OC)c1. The van der Waals surface area contributed by atoms with Gasteiger partial charge in [-0.05, 0) is 31.0 Å². The molecule has 136 valence electrons. The van der Waals surface area contributed by atoms with Crippen LogP contribution in [-0.2, 0) is 13.0 Å². The van der Waals surface area contributed by atoms with Gasteiger partial charge in [0.2, 0.25) is 5.89 Å². The van der Waals surface area contributed by atoms with Gasteiger partial charge in [-0.3, -0.25) is 4.99 Å². The molecular formula is C17H25N5O3. The number of aryl methyl sites for hydroxylation is 1. The van der Waals surface area contributed by atoms with Crippen molar-refractivity contribution in [3.05, 3.63) is 35.5 Å². The van der Waals surface area contributed by atoms with Crippen LogP contribution in [0.5, 0.6) is 11.5 Å².